The van der Waals surface area contributed by atoms with Crippen LogP contribution in [0.3, 0.4) is 0 Å². The molecule has 2 bridgehead atoms. The van der Waals surface area contributed by atoms with Crippen LogP contribution in [-0.4, -0.2) is 34.2 Å². The first-order chi connectivity index (χ1) is 14.0. The van der Waals surface area contributed by atoms with Gasteiger partial charge in [-0.15, -0.1) is 11.3 Å². The fourth-order valence-corrected chi connectivity index (χ4v) is 5.28. The number of amides is 1. The molecule has 1 aromatic carbocycles. The van der Waals surface area contributed by atoms with Crippen LogP contribution in [0.5, 0.6) is 0 Å². The molecule has 7 heteroatoms. The third kappa shape index (κ3) is 3.94. The predicted molar refractivity (Wildman–Crippen MR) is 112 cm³/mol. The van der Waals surface area contributed by atoms with Crippen molar-refractivity contribution in [2.24, 2.45) is 11.8 Å². The second-order valence-corrected chi connectivity index (χ2v) is 9.10. The highest BCUT2D eigenvalue weighted by atomic mass is 32.1. The Morgan fingerprint density at radius 3 is 2.55 bits per heavy atom. The van der Waals surface area contributed by atoms with Gasteiger partial charge in [-0.3, -0.25) is 9.59 Å². The smallest absolute Gasteiger partial charge is 0.310 e. The number of rotatable bonds is 7. The van der Waals surface area contributed by atoms with Gasteiger partial charge in [0.2, 0.25) is 5.91 Å². The van der Waals surface area contributed by atoms with Gasteiger partial charge in [0.15, 0.2) is 5.13 Å². The summed E-state index contributed by atoms with van der Waals surface area (Å²) >= 11 is 1.41. The molecule has 2 aliphatic heterocycles. The largest absolute Gasteiger partial charge is 0.481 e. The summed E-state index contributed by atoms with van der Waals surface area (Å²) in [5.74, 6) is -2.70. The van der Waals surface area contributed by atoms with Crippen molar-refractivity contribution in [2.45, 2.75) is 58.2 Å². The van der Waals surface area contributed by atoms with Gasteiger partial charge in [-0.2, -0.15) is 0 Å². The Bertz CT molecular complexity index is 908. The zero-order valence-electron chi connectivity index (χ0n) is 16.7. The number of carbonyl (C=O) groups is 2. The number of aryl methyl sites for hydroxylation is 2. The Hall–Kier alpha value is -2.25. The molecule has 0 unspecified atom stereocenters. The lowest BCUT2D eigenvalue weighted by Gasteiger charge is -2.23. The summed E-state index contributed by atoms with van der Waals surface area (Å²) in [4.78, 5) is 30.1. The van der Waals surface area contributed by atoms with Crippen molar-refractivity contribution in [3.05, 3.63) is 34.7 Å². The number of thiazole rings is 1. The molecule has 1 amide bonds. The van der Waals surface area contributed by atoms with E-state index in [1.165, 1.54) is 29.7 Å². The van der Waals surface area contributed by atoms with Gasteiger partial charge in [0.1, 0.15) is 0 Å². The Balaban J connectivity index is 1.48. The Morgan fingerprint density at radius 1 is 1.21 bits per heavy atom. The number of aliphatic carboxylic acids is 1. The molecule has 2 N–H and O–H groups in total. The number of carbonyl (C=O) groups excluding carboxylic acids is 1. The molecule has 2 aliphatic rings. The number of aromatic nitrogens is 1. The van der Waals surface area contributed by atoms with Crippen molar-refractivity contribution in [1.29, 1.82) is 0 Å². The minimum absolute atomic E-state index is 0.306. The number of ether oxygens (including phenoxy) is 1. The van der Waals surface area contributed by atoms with E-state index < -0.39 is 17.8 Å². The lowest BCUT2D eigenvalue weighted by molar-refractivity contribution is -0.147. The van der Waals surface area contributed by atoms with Crippen molar-refractivity contribution >= 4 is 28.3 Å². The summed E-state index contributed by atoms with van der Waals surface area (Å²) < 4.78 is 5.70. The number of hydrogen-bond acceptors (Lipinski definition) is 5. The third-order valence-electron chi connectivity index (χ3n) is 5.93. The number of fused-ring (bicyclic) bond motifs is 2. The SMILES string of the molecule is CCCCc1ccc(-c2nc(NC(=O)[C@@H]3[C@@H](C(=O)O)[C@H]4CC[C@@H]3O4)sc2C)cc1. The first-order valence-electron chi connectivity index (χ1n) is 10.2. The van der Waals surface area contributed by atoms with Crippen molar-refractivity contribution < 1.29 is 19.4 Å². The molecule has 0 radical (unpaired) electrons. The Kier molecular flexibility index (Phi) is 5.69. The van der Waals surface area contributed by atoms with E-state index >= 15 is 0 Å². The fraction of sp³-hybridized carbons (Fsp3) is 0.500. The topological polar surface area (TPSA) is 88.5 Å². The highest BCUT2D eigenvalue weighted by Gasteiger charge is 2.55. The molecule has 2 aromatic rings. The van der Waals surface area contributed by atoms with E-state index in [2.05, 4.69) is 41.5 Å². The van der Waals surface area contributed by atoms with Crippen molar-refractivity contribution in [3.8, 4) is 11.3 Å². The molecule has 2 saturated heterocycles. The summed E-state index contributed by atoms with van der Waals surface area (Å²) in [7, 11) is 0. The number of benzene rings is 1. The second-order valence-electron chi connectivity index (χ2n) is 7.89. The Morgan fingerprint density at radius 2 is 1.90 bits per heavy atom. The van der Waals surface area contributed by atoms with E-state index in [1.807, 2.05) is 6.92 Å². The monoisotopic (exact) mass is 414 g/mol. The van der Waals surface area contributed by atoms with Crippen LogP contribution in [0.2, 0.25) is 0 Å². The van der Waals surface area contributed by atoms with Crippen LogP contribution < -0.4 is 5.32 Å². The average Bonchev–Trinajstić information content (AvgIpc) is 3.41. The fourth-order valence-electron chi connectivity index (χ4n) is 4.44. The highest BCUT2D eigenvalue weighted by molar-refractivity contribution is 7.16. The quantitative estimate of drug-likeness (QED) is 0.706. The van der Waals surface area contributed by atoms with Crippen LogP contribution in [0.4, 0.5) is 5.13 Å². The third-order valence-corrected chi connectivity index (χ3v) is 6.82. The predicted octanol–water partition coefficient (Wildman–Crippen LogP) is 4.28. The van der Waals surface area contributed by atoms with Crippen LogP contribution in [0.25, 0.3) is 11.3 Å². The van der Waals surface area contributed by atoms with Gasteiger partial charge in [-0.1, -0.05) is 37.6 Å². The molecule has 4 atom stereocenters. The number of carboxylic acids is 1. The number of nitrogens with zero attached hydrogens (tertiary/aromatic N) is 1. The van der Waals surface area contributed by atoms with Gasteiger partial charge in [0.05, 0.1) is 29.7 Å². The normalized spacial score (nSPS) is 25.3. The summed E-state index contributed by atoms with van der Waals surface area (Å²) in [5.41, 5.74) is 3.19. The van der Waals surface area contributed by atoms with Crippen LogP contribution in [0.1, 0.15) is 43.0 Å². The lowest BCUT2D eigenvalue weighted by Crippen LogP contribution is -2.40. The lowest BCUT2D eigenvalue weighted by atomic mass is 9.79. The minimum Gasteiger partial charge on any atom is -0.481 e. The van der Waals surface area contributed by atoms with E-state index in [1.54, 1.807) is 0 Å². The van der Waals surface area contributed by atoms with E-state index in [0.29, 0.717) is 11.6 Å². The molecule has 4 rings (SSSR count). The maximum Gasteiger partial charge on any atom is 0.310 e. The molecule has 6 nitrogen and oxygen atoms in total. The van der Waals surface area contributed by atoms with Crippen LogP contribution in [0, 0.1) is 18.8 Å². The molecular formula is C22H26N2O4S. The van der Waals surface area contributed by atoms with Crippen molar-refractivity contribution in [3.63, 3.8) is 0 Å². The maximum absolute atomic E-state index is 12.8. The molecule has 0 spiro atoms. The van der Waals surface area contributed by atoms with Gasteiger partial charge < -0.3 is 15.2 Å². The van der Waals surface area contributed by atoms with Gasteiger partial charge >= 0.3 is 5.97 Å². The number of hydrogen-bond donors (Lipinski definition) is 2. The molecule has 3 heterocycles. The molecule has 2 fully saturated rings. The summed E-state index contributed by atoms with van der Waals surface area (Å²) in [6, 6.07) is 8.41. The molecular weight excluding hydrogens is 388 g/mol. The van der Waals surface area contributed by atoms with E-state index in [-0.39, 0.29) is 18.1 Å². The van der Waals surface area contributed by atoms with Crippen LogP contribution in [0.15, 0.2) is 24.3 Å². The summed E-state index contributed by atoms with van der Waals surface area (Å²) in [6.07, 6.45) is 4.20. The Labute approximate surface area is 174 Å². The number of anilines is 1. The van der Waals surface area contributed by atoms with Gasteiger partial charge in [0, 0.05) is 10.4 Å². The molecule has 0 aliphatic carbocycles. The molecule has 1 aromatic heterocycles. The zero-order valence-corrected chi connectivity index (χ0v) is 17.5. The highest BCUT2D eigenvalue weighted by Crippen LogP contribution is 2.44. The molecule has 154 valence electrons. The minimum atomic E-state index is -0.962. The zero-order chi connectivity index (χ0) is 20.5. The second kappa shape index (κ2) is 8.24. The number of nitrogens with one attached hydrogen (secondary N) is 1. The van der Waals surface area contributed by atoms with Crippen molar-refractivity contribution in [1.82, 2.24) is 4.98 Å². The molecule has 29 heavy (non-hydrogen) atoms. The summed E-state index contributed by atoms with van der Waals surface area (Å²) in [6.45, 7) is 4.17. The standard InChI is InChI=1S/C22H26N2O4S/c1-3-4-5-13-6-8-14(9-7-13)19-12(2)29-22(23-19)24-20(25)17-15-10-11-16(28-15)18(17)21(26)27/h6-9,15-18H,3-5,10-11H2,1-2H3,(H,26,27)(H,23,24,25)/t15-,16+,17-,18-/m0/s1. The first kappa shape index (κ1) is 20.0. The number of carboxylic acid groups (broad SMARTS) is 1. The van der Waals surface area contributed by atoms with Gasteiger partial charge in [-0.05, 0) is 38.2 Å². The average molecular weight is 415 g/mol. The van der Waals surface area contributed by atoms with Crippen LogP contribution >= 0.6 is 11.3 Å². The number of unbranched alkanes of at least 4 members (excludes halogenated alkanes) is 1. The van der Waals surface area contributed by atoms with Gasteiger partial charge in [0.25, 0.3) is 0 Å². The van der Waals surface area contributed by atoms with E-state index in [4.69, 9.17) is 4.74 Å². The van der Waals surface area contributed by atoms with Crippen LogP contribution in [-0.2, 0) is 20.7 Å². The van der Waals surface area contributed by atoms with E-state index in [9.17, 15) is 14.7 Å². The van der Waals surface area contributed by atoms with Crippen molar-refractivity contribution in [2.75, 3.05) is 5.32 Å². The summed E-state index contributed by atoms with van der Waals surface area (Å²) in [5, 5.41) is 12.9. The van der Waals surface area contributed by atoms with Gasteiger partial charge in [-0.25, -0.2) is 4.98 Å². The van der Waals surface area contributed by atoms with E-state index in [0.717, 1.165) is 29.0 Å². The molecule has 0 saturated carbocycles. The first-order valence-corrected chi connectivity index (χ1v) is 11.1. The maximum atomic E-state index is 12.8.